The van der Waals surface area contributed by atoms with Crippen LogP contribution in [0.25, 0.3) is 0 Å². The second-order valence-electron chi connectivity index (χ2n) is 4.04. The van der Waals surface area contributed by atoms with Gasteiger partial charge in [0.1, 0.15) is 0 Å². The van der Waals surface area contributed by atoms with Crippen molar-refractivity contribution in [1.29, 1.82) is 0 Å². The first-order valence-electron chi connectivity index (χ1n) is 5.53. The molecule has 1 aromatic carbocycles. The lowest BCUT2D eigenvalue weighted by atomic mass is 10.0. The lowest BCUT2D eigenvalue weighted by Crippen LogP contribution is -2.22. The van der Waals surface area contributed by atoms with Crippen LogP contribution < -0.4 is 5.32 Å². The van der Waals surface area contributed by atoms with Crippen molar-refractivity contribution in [2.75, 3.05) is 25.1 Å². The fourth-order valence-corrected chi connectivity index (χ4v) is 2.21. The summed E-state index contributed by atoms with van der Waals surface area (Å²) in [6, 6.07) is 5.30. The first kappa shape index (κ1) is 11.9. The van der Waals surface area contributed by atoms with Gasteiger partial charge in [-0.3, -0.25) is 0 Å². The van der Waals surface area contributed by atoms with Gasteiger partial charge in [0, 0.05) is 19.8 Å². The Hall–Kier alpha value is -0.610. The number of halogens is 2. The van der Waals surface area contributed by atoms with E-state index < -0.39 is 0 Å². The smallest absolute Gasteiger partial charge is 0.160 e. The molecule has 0 aliphatic carbocycles. The zero-order valence-electron chi connectivity index (χ0n) is 9.01. The normalized spacial score (nSPS) is 17.4. The van der Waals surface area contributed by atoms with Gasteiger partial charge in [-0.25, -0.2) is 4.39 Å². The summed E-state index contributed by atoms with van der Waals surface area (Å²) in [6.07, 6.45) is 2.12. The molecule has 0 amide bonds. The summed E-state index contributed by atoms with van der Waals surface area (Å²) < 4.78 is 19.4. The van der Waals surface area contributed by atoms with Crippen molar-refractivity contribution in [3.05, 3.63) is 28.5 Å². The average molecular weight is 288 g/mol. The van der Waals surface area contributed by atoms with Crippen LogP contribution in [0, 0.1) is 11.7 Å². The Balaban J connectivity index is 1.91. The number of hydrogen-bond donors (Lipinski definition) is 1. The minimum atomic E-state index is -0.213. The standard InChI is InChI=1S/C12H15BrFNO/c13-10-2-1-3-11(12(10)14)15-8-9-4-6-16-7-5-9/h1-3,9,15H,4-8H2. The molecule has 1 saturated heterocycles. The molecule has 1 aliphatic heterocycles. The number of rotatable bonds is 3. The molecule has 0 radical (unpaired) electrons. The molecule has 0 aromatic heterocycles. The Labute approximate surface area is 103 Å². The van der Waals surface area contributed by atoms with Gasteiger partial charge in [-0.05, 0) is 46.8 Å². The third-order valence-corrected chi connectivity index (χ3v) is 3.49. The zero-order valence-corrected chi connectivity index (χ0v) is 10.6. The van der Waals surface area contributed by atoms with E-state index in [1.165, 1.54) is 0 Å². The molecule has 0 saturated carbocycles. The number of nitrogens with one attached hydrogen (secondary N) is 1. The highest BCUT2D eigenvalue weighted by Crippen LogP contribution is 2.23. The lowest BCUT2D eigenvalue weighted by Gasteiger charge is -2.22. The molecule has 16 heavy (non-hydrogen) atoms. The van der Waals surface area contributed by atoms with Crippen molar-refractivity contribution < 1.29 is 9.13 Å². The largest absolute Gasteiger partial charge is 0.382 e. The van der Waals surface area contributed by atoms with Crippen LogP contribution in [0.3, 0.4) is 0 Å². The topological polar surface area (TPSA) is 21.3 Å². The van der Waals surface area contributed by atoms with Gasteiger partial charge in [-0.15, -0.1) is 0 Å². The summed E-state index contributed by atoms with van der Waals surface area (Å²) in [5.41, 5.74) is 0.570. The summed E-state index contributed by atoms with van der Waals surface area (Å²) in [6.45, 7) is 2.47. The fraction of sp³-hybridized carbons (Fsp3) is 0.500. The molecular formula is C12H15BrFNO. The van der Waals surface area contributed by atoms with E-state index in [9.17, 15) is 4.39 Å². The SMILES string of the molecule is Fc1c(Br)cccc1NCC1CCOCC1. The van der Waals surface area contributed by atoms with Crippen molar-refractivity contribution in [2.24, 2.45) is 5.92 Å². The minimum Gasteiger partial charge on any atom is -0.382 e. The Kier molecular flexibility index (Phi) is 4.18. The van der Waals surface area contributed by atoms with Crippen LogP contribution >= 0.6 is 15.9 Å². The van der Waals surface area contributed by atoms with E-state index in [-0.39, 0.29) is 5.82 Å². The van der Waals surface area contributed by atoms with Crippen molar-refractivity contribution in [1.82, 2.24) is 0 Å². The number of anilines is 1. The summed E-state index contributed by atoms with van der Waals surface area (Å²) in [4.78, 5) is 0. The van der Waals surface area contributed by atoms with E-state index in [0.717, 1.165) is 32.6 Å². The second kappa shape index (κ2) is 5.64. The van der Waals surface area contributed by atoms with Gasteiger partial charge in [0.25, 0.3) is 0 Å². The molecule has 0 bridgehead atoms. The Morgan fingerprint density at radius 2 is 2.12 bits per heavy atom. The van der Waals surface area contributed by atoms with Crippen molar-refractivity contribution in [3.63, 3.8) is 0 Å². The van der Waals surface area contributed by atoms with Crippen LogP contribution in [0.4, 0.5) is 10.1 Å². The molecule has 1 N–H and O–H groups in total. The van der Waals surface area contributed by atoms with Gasteiger partial charge in [-0.1, -0.05) is 6.07 Å². The molecule has 0 atom stereocenters. The Morgan fingerprint density at radius 1 is 1.38 bits per heavy atom. The van der Waals surface area contributed by atoms with E-state index in [1.807, 2.05) is 6.07 Å². The maximum atomic E-state index is 13.6. The van der Waals surface area contributed by atoms with Crippen molar-refractivity contribution >= 4 is 21.6 Å². The number of hydrogen-bond acceptors (Lipinski definition) is 2. The highest BCUT2D eigenvalue weighted by Gasteiger charge is 2.14. The van der Waals surface area contributed by atoms with Crippen LogP contribution in [-0.2, 0) is 4.74 Å². The van der Waals surface area contributed by atoms with Crippen LogP contribution in [0.2, 0.25) is 0 Å². The van der Waals surface area contributed by atoms with E-state index in [4.69, 9.17) is 4.74 Å². The highest BCUT2D eigenvalue weighted by molar-refractivity contribution is 9.10. The number of benzene rings is 1. The van der Waals surface area contributed by atoms with E-state index in [2.05, 4.69) is 21.2 Å². The van der Waals surface area contributed by atoms with Crippen LogP contribution in [-0.4, -0.2) is 19.8 Å². The minimum absolute atomic E-state index is 0.213. The second-order valence-corrected chi connectivity index (χ2v) is 4.89. The average Bonchev–Trinajstić information content (AvgIpc) is 2.32. The van der Waals surface area contributed by atoms with Gasteiger partial charge >= 0.3 is 0 Å². The Morgan fingerprint density at radius 3 is 2.88 bits per heavy atom. The molecule has 1 heterocycles. The van der Waals surface area contributed by atoms with Gasteiger partial charge in [0.05, 0.1) is 10.2 Å². The first-order valence-corrected chi connectivity index (χ1v) is 6.32. The quantitative estimate of drug-likeness (QED) is 0.920. The summed E-state index contributed by atoms with van der Waals surface area (Å²) >= 11 is 3.18. The molecule has 88 valence electrons. The maximum absolute atomic E-state index is 13.6. The van der Waals surface area contributed by atoms with Crippen molar-refractivity contribution in [2.45, 2.75) is 12.8 Å². The van der Waals surface area contributed by atoms with E-state index in [0.29, 0.717) is 16.1 Å². The third kappa shape index (κ3) is 2.95. The van der Waals surface area contributed by atoms with Crippen LogP contribution in [0.5, 0.6) is 0 Å². The van der Waals surface area contributed by atoms with Crippen LogP contribution in [0.1, 0.15) is 12.8 Å². The highest BCUT2D eigenvalue weighted by atomic mass is 79.9. The molecule has 1 aromatic rings. The van der Waals surface area contributed by atoms with E-state index >= 15 is 0 Å². The molecule has 4 heteroatoms. The first-order chi connectivity index (χ1) is 7.77. The molecule has 1 aliphatic rings. The number of ether oxygens (including phenoxy) is 1. The summed E-state index contributed by atoms with van der Waals surface area (Å²) in [5.74, 6) is 0.377. The fourth-order valence-electron chi connectivity index (χ4n) is 1.85. The van der Waals surface area contributed by atoms with Crippen LogP contribution in [0.15, 0.2) is 22.7 Å². The summed E-state index contributed by atoms with van der Waals surface area (Å²) in [7, 11) is 0. The molecule has 2 rings (SSSR count). The zero-order chi connectivity index (χ0) is 11.4. The van der Waals surface area contributed by atoms with Crippen molar-refractivity contribution in [3.8, 4) is 0 Å². The maximum Gasteiger partial charge on any atom is 0.160 e. The molecular weight excluding hydrogens is 273 g/mol. The predicted molar refractivity (Wildman–Crippen MR) is 66.1 cm³/mol. The van der Waals surface area contributed by atoms with Gasteiger partial charge in [0.15, 0.2) is 5.82 Å². The third-order valence-electron chi connectivity index (χ3n) is 2.87. The van der Waals surface area contributed by atoms with E-state index in [1.54, 1.807) is 12.1 Å². The molecule has 0 unspecified atom stereocenters. The van der Waals surface area contributed by atoms with Gasteiger partial charge in [0.2, 0.25) is 0 Å². The predicted octanol–water partition coefficient (Wildman–Crippen LogP) is 3.43. The van der Waals surface area contributed by atoms with Gasteiger partial charge < -0.3 is 10.1 Å². The molecule has 0 spiro atoms. The lowest BCUT2D eigenvalue weighted by molar-refractivity contribution is 0.0699. The monoisotopic (exact) mass is 287 g/mol. The summed E-state index contributed by atoms with van der Waals surface area (Å²) in [5, 5.41) is 3.16. The molecule has 1 fully saturated rings. The molecule has 2 nitrogen and oxygen atoms in total. The van der Waals surface area contributed by atoms with Gasteiger partial charge in [-0.2, -0.15) is 0 Å². The Bertz CT molecular complexity index is 353.